The summed E-state index contributed by atoms with van der Waals surface area (Å²) in [4.78, 5) is 32.1. The van der Waals surface area contributed by atoms with E-state index in [9.17, 15) is 0 Å². The lowest BCUT2D eigenvalue weighted by atomic mass is 10.0. The smallest absolute Gasteiger partial charge is 0.236 e. The van der Waals surface area contributed by atoms with Gasteiger partial charge in [0, 0.05) is 117 Å². The second kappa shape index (κ2) is 31.3. The number of nitrogens with zero attached hydrogens (tertiary/aromatic N) is 10. The van der Waals surface area contributed by atoms with Gasteiger partial charge in [-0.05, 0) is 143 Å². The van der Waals surface area contributed by atoms with Gasteiger partial charge in [0.05, 0.1) is 76.2 Å². The van der Waals surface area contributed by atoms with Gasteiger partial charge in [-0.2, -0.15) is 0 Å². The largest absolute Gasteiger partial charge is 0.455 e. The first-order chi connectivity index (χ1) is 71.4. The highest BCUT2D eigenvalue weighted by molar-refractivity contribution is 7.27. The molecule has 20 aromatic carbocycles. The summed E-state index contributed by atoms with van der Waals surface area (Å²) in [5, 5.41) is 24.0. The first kappa shape index (κ1) is 80.0. The number of fused-ring (bicyclic) bond motifs is 37. The van der Waals surface area contributed by atoms with Crippen LogP contribution in [0.2, 0.25) is 0 Å². The fourth-order valence-electron chi connectivity index (χ4n) is 22.6. The average Bonchev–Trinajstić information content (AvgIpc) is 1.56. The van der Waals surface area contributed by atoms with E-state index in [2.05, 4.69) is 382 Å². The van der Waals surface area contributed by atoms with Crippen LogP contribution in [0, 0.1) is 0 Å². The van der Waals surface area contributed by atoms with Crippen molar-refractivity contribution in [3.8, 4) is 68.4 Å². The van der Waals surface area contributed by atoms with Crippen LogP contribution in [-0.2, 0) is 0 Å². The summed E-state index contributed by atoms with van der Waals surface area (Å²) in [5.74, 6) is 1.85. The number of rotatable bonds is 8. The molecule has 16 heteroatoms. The first-order valence-electron chi connectivity index (χ1n) is 48.2. The molecule has 33 aromatic rings. The number of benzene rings is 20. The lowest BCUT2D eigenvalue weighted by Crippen LogP contribution is -2.03. The lowest BCUT2D eigenvalue weighted by Gasteiger charge is -2.11. The van der Waals surface area contributed by atoms with Gasteiger partial charge in [-0.25, -0.2) is 29.9 Å². The molecule has 144 heavy (non-hydrogen) atoms. The van der Waals surface area contributed by atoms with Gasteiger partial charge in [0.15, 0.2) is 11.2 Å². The molecule has 0 amide bonds. The van der Waals surface area contributed by atoms with Gasteiger partial charge < -0.3 is 22.2 Å². The van der Waals surface area contributed by atoms with Crippen LogP contribution in [0.15, 0.2) is 454 Å². The maximum Gasteiger partial charge on any atom is 0.236 e. The molecular formula is C128H72N10O4S2. The van der Waals surface area contributed by atoms with E-state index in [0.29, 0.717) is 29.0 Å². The molecule has 0 fully saturated rings. The van der Waals surface area contributed by atoms with E-state index in [1.165, 1.54) is 79.7 Å². The first-order valence-corrected chi connectivity index (χ1v) is 49.8. The van der Waals surface area contributed by atoms with Crippen LogP contribution in [-0.4, -0.2) is 48.2 Å². The molecule has 13 aromatic heterocycles. The predicted octanol–water partition coefficient (Wildman–Crippen LogP) is 35.1. The fraction of sp³-hybridized carbons (Fsp3) is 0. The van der Waals surface area contributed by atoms with Crippen molar-refractivity contribution in [1.82, 2.24) is 48.2 Å². The zero-order valence-electron chi connectivity index (χ0n) is 76.5. The molecule has 0 radical (unpaired) electrons. The molecule has 0 saturated carbocycles. The summed E-state index contributed by atoms with van der Waals surface area (Å²) in [5.41, 5.74) is 26.4. The highest BCUT2D eigenvalue weighted by atomic mass is 32.1. The van der Waals surface area contributed by atoms with Crippen LogP contribution in [0.4, 0.5) is 0 Å². The molecule has 0 spiro atoms. The van der Waals surface area contributed by atoms with Crippen molar-refractivity contribution in [1.29, 1.82) is 0 Å². The zero-order valence-corrected chi connectivity index (χ0v) is 78.1. The van der Waals surface area contributed by atoms with Crippen LogP contribution < -0.4 is 0 Å². The predicted molar refractivity (Wildman–Crippen MR) is 595 cm³/mol. The Morgan fingerprint density at radius 1 is 0.188 bits per heavy atom. The molecule has 13 heterocycles. The van der Waals surface area contributed by atoms with Crippen molar-refractivity contribution >= 4 is 260 Å². The fourth-order valence-corrected chi connectivity index (χ4v) is 25.0. The summed E-state index contributed by atoms with van der Waals surface area (Å²) in [6.45, 7) is 0. The maximum absolute atomic E-state index is 6.63. The van der Waals surface area contributed by atoms with Crippen LogP contribution in [0.3, 0.4) is 0 Å². The average molecular weight is 1880 g/mol. The van der Waals surface area contributed by atoms with Gasteiger partial charge in [0.2, 0.25) is 17.8 Å². The standard InChI is InChI=1S/C52H30N4OS.C38H21N3O2.C38H21N3OS/c1-3-13-31(14-4-1)48-51-49(47-46(58-51)28-26-39-38-19-9-12-22-45(38)57-50(39)47)54-52(53-48)56-42-21-11-8-18-36(42)40-29-32(24-27-43(40)56)33-23-25-37-35-17-7-10-20-41(35)55(44(37)30-33)34-15-5-2-6-16-34;1-2-11-23(12-3-1)34-37-35(33-31(43-37)21-19-26-25-14-7-9-17-30(25)42-36(26)33)40-38(39-34)41-28-16-8-6-15-27(28)32-24-13-5-4-10-22(24)18-20-29(32)41;1-2-11-23(12-3-1)33-36-34(32-30(42-36)21-20-28-26-15-7-9-17-31(26)43-37(28)32)40-38(39-33)41-29-16-8-6-14-25(29)27-19-18-22-10-4-5-13-24(22)35(27)41/h1-30H;2*1-21H. The number of hydrogen-bond acceptors (Lipinski definition) is 12. The summed E-state index contributed by atoms with van der Waals surface area (Å²) >= 11 is 3.52. The molecular weight excluding hydrogens is 1810 g/mol. The Bertz CT molecular complexity index is 11200. The topological polar surface area (TPSA) is 150 Å². The molecule has 0 aliphatic rings. The molecule has 0 aliphatic carbocycles. The number of furan rings is 4. The lowest BCUT2D eigenvalue weighted by molar-refractivity contribution is 0.661. The Balaban J connectivity index is 0.000000100. The third kappa shape index (κ3) is 12.0. The van der Waals surface area contributed by atoms with Gasteiger partial charge >= 0.3 is 0 Å². The van der Waals surface area contributed by atoms with Crippen molar-refractivity contribution in [3.05, 3.63) is 437 Å². The highest BCUT2D eigenvalue weighted by Gasteiger charge is 2.30. The zero-order chi connectivity index (χ0) is 94.0. The van der Waals surface area contributed by atoms with Crippen molar-refractivity contribution in [2.75, 3.05) is 0 Å². The molecule has 0 N–H and O–H groups in total. The number of para-hydroxylation sites is 7. The van der Waals surface area contributed by atoms with Crippen LogP contribution in [0.5, 0.6) is 0 Å². The minimum Gasteiger partial charge on any atom is -0.455 e. The molecule has 0 aliphatic heterocycles. The SMILES string of the molecule is c1ccc(-c2nc(-n3c4ccccc4c4c5ccccc5ccc43)nc3c2oc2ccc4c5ccccc5oc4c23)cc1.c1ccc(-c2nc(-n3c4ccccc4c4cc(-c5ccc6c7ccccc7n(-c7ccccc7)c6c5)ccc43)nc3c2sc2ccc4c5ccccc5oc4c23)cc1.c1ccc(-c2nc(-n3c4ccccc4c4ccc5ccccc5c43)nc3c2oc2ccc4c5ccccc5sc4c23)cc1. The Labute approximate surface area is 824 Å². The minimum absolute atomic E-state index is 0.587. The van der Waals surface area contributed by atoms with Crippen LogP contribution >= 0.6 is 22.7 Å². The Morgan fingerprint density at radius 3 is 1.26 bits per heavy atom. The summed E-state index contributed by atoms with van der Waals surface area (Å²) in [7, 11) is 0. The number of aromatic nitrogens is 10. The second-order valence-corrected chi connectivity index (χ2v) is 39.0. The monoisotopic (exact) mass is 1880 g/mol. The van der Waals surface area contributed by atoms with Crippen molar-refractivity contribution < 1.29 is 17.7 Å². The van der Waals surface area contributed by atoms with Crippen molar-refractivity contribution in [2.24, 2.45) is 0 Å². The van der Waals surface area contributed by atoms with Crippen LogP contribution in [0.25, 0.3) is 306 Å². The molecule has 0 saturated heterocycles. The van der Waals surface area contributed by atoms with E-state index >= 15 is 0 Å². The van der Waals surface area contributed by atoms with Gasteiger partial charge in [0.25, 0.3) is 0 Å². The minimum atomic E-state index is 0.587. The summed E-state index contributed by atoms with van der Waals surface area (Å²) < 4.78 is 39.9. The Kier molecular flexibility index (Phi) is 17.4. The van der Waals surface area contributed by atoms with Crippen molar-refractivity contribution in [2.45, 2.75) is 0 Å². The summed E-state index contributed by atoms with van der Waals surface area (Å²) in [6, 6.07) is 153. The molecule has 0 unspecified atom stereocenters. The maximum atomic E-state index is 6.63. The van der Waals surface area contributed by atoms with E-state index in [1.807, 2.05) is 72.8 Å². The van der Waals surface area contributed by atoms with E-state index in [1.54, 1.807) is 22.7 Å². The number of thiophene rings is 2. The van der Waals surface area contributed by atoms with E-state index in [0.717, 1.165) is 197 Å². The Hall–Kier alpha value is -19.0. The van der Waals surface area contributed by atoms with Crippen molar-refractivity contribution in [3.63, 3.8) is 0 Å². The normalized spacial score (nSPS) is 12.2. The third-order valence-electron chi connectivity index (χ3n) is 29.0. The van der Waals surface area contributed by atoms with Gasteiger partial charge in [-0.3, -0.25) is 13.7 Å². The molecule has 14 nitrogen and oxygen atoms in total. The molecule has 33 rings (SSSR count). The van der Waals surface area contributed by atoms with Crippen LogP contribution in [0.1, 0.15) is 0 Å². The van der Waals surface area contributed by atoms with Gasteiger partial charge in [-0.1, -0.05) is 322 Å². The number of hydrogen-bond donors (Lipinski definition) is 0. The highest BCUT2D eigenvalue weighted by Crippen LogP contribution is 2.51. The quantitative estimate of drug-likeness (QED) is 0.144. The Morgan fingerprint density at radius 2 is 0.597 bits per heavy atom. The second-order valence-electron chi connectivity index (χ2n) is 36.9. The van der Waals surface area contributed by atoms with E-state index in [-0.39, 0.29) is 0 Å². The molecule has 670 valence electrons. The van der Waals surface area contributed by atoms with Gasteiger partial charge in [-0.15, -0.1) is 22.7 Å². The molecule has 0 atom stereocenters. The molecule has 0 bridgehead atoms. The van der Waals surface area contributed by atoms with Gasteiger partial charge in [0.1, 0.15) is 55.9 Å². The van der Waals surface area contributed by atoms with E-state index < -0.39 is 0 Å². The third-order valence-corrected chi connectivity index (χ3v) is 31.3. The van der Waals surface area contributed by atoms with E-state index in [4.69, 9.17) is 47.6 Å². The summed E-state index contributed by atoms with van der Waals surface area (Å²) in [6.07, 6.45) is 0.